The fraction of sp³-hybridized carbons (Fsp3) is 0.286. The maximum atomic E-state index is 4.54. The highest BCUT2D eigenvalue weighted by molar-refractivity contribution is 7.12. The van der Waals surface area contributed by atoms with Crippen LogP contribution < -0.4 is 0 Å². The zero-order chi connectivity index (χ0) is 8.81. The second kappa shape index (κ2) is 4.61. The molecule has 0 unspecified atom stereocenters. The molecular formula is C7H9N3OS. The van der Waals surface area contributed by atoms with Gasteiger partial charge in [0.15, 0.2) is 5.01 Å². The van der Waals surface area contributed by atoms with E-state index in [9.17, 15) is 0 Å². The minimum atomic E-state index is 0.551. The Balaban J connectivity index is 0.000000336. The van der Waals surface area contributed by atoms with E-state index in [1.807, 2.05) is 19.2 Å². The van der Waals surface area contributed by atoms with Crippen molar-refractivity contribution < 1.29 is 4.52 Å². The van der Waals surface area contributed by atoms with Gasteiger partial charge in [-0.2, -0.15) is 4.98 Å². The lowest BCUT2D eigenvalue weighted by Gasteiger charge is -1.78. The van der Waals surface area contributed by atoms with Gasteiger partial charge in [0.25, 0.3) is 0 Å². The van der Waals surface area contributed by atoms with Gasteiger partial charge in [-0.1, -0.05) is 19.0 Å². The van der Waals surface area contributed by atoms with E-state index < -0.39 is 0 Å². The van der Waals surface area contributed by atoms with E-state index in [1.54, 1.807) is 6.20 Å². The maximum Gasteiger partial charge on any atom is 0.231 e. The number of hydrogen-bond acceptors (Lipinski definition) is 5. The smallest absolute Gasteiger partial charge is 0.231 e. The molecule has 0 amide bonds. The molecule has 2 heterocycles. The molecule has 0 aliphatic rings. The van der Waals surface area contributed by atoms with Crippen molar-refractivity contribution in [2.75, 3.05) is 0 Å². The van der Waals surface area contributed by atoms with Gasteiger partial charge in [0, 0.05) is 11.6 Å². The van der Waals surface area contributed by atoms with Crippen LogP contribution >= 0.6 is 11.3 Å². The molecular weight excluding hydrogens is 174 g/mol. The van der Waals surface area contributed by atoms with Gasteiger partial charge >= 0.3 is 0 Å². The molecule has 0 N–H and O–H groups in total. The van der Waals surface area contributed by atoms with Crippen LogP contribution in [0.1, 0.15) is 13.8 Å². The van der Waals surface area contributed by atoms with Gasteiger partial charge in [-0.15, -0.1) is 11.3 Å². The second-order valence-corrected chi connectivity index (χ2v) is 2.49. The predicted molar refractivity (Wildman–Crippen MR) is 46.8 cm³/mol. The lowest BCUT2D eigenvalue weighted by Crippen LogP contribution is -1.75. The molecule has 0 saturated heterocycles. The van der Waals surface area contributed by atoms with Crippen LogP contribution in [0.2, 0.25) is 0 Å². The van der Waals surface area contributed by atoms with Gasteiger partial charge in [0.2, 0.25) is 12.2 Å². The van der Waals surface area contributed by atoms with Crippen LogP contribution in [-0.4, -0.2) is 15.1 Å². The molecule has 0 atom stereocenters. The molecule has 12 heavy (non-hydrogen) atoms. The first-order valence-electron chi connectivity index (χ1n) is 3.63. The Bertz CT molecular complexity index is 258. The summed E-state index contributed by atoms with van der Waals surface area (Å²) in [6.45, 7) is 4.00. The Morgan fingerprint density at radius 2 is 2.17 bits per heavy atom. The van der Waals surface area contributed by atoms with E-state index in [0.717, 1.165) is 5.01 Å². The normalized spacial score (nSPS) is 8.83. The molecule has 0 aliphatic carbocycles. The lowest BCUT2D eigenvalue weighted by atomic mass is 10.7. The molecule has 2 aromatic heterocycles. The average molecular weight is 183 g/mol. The van der Waals surface area contributed by atoms with Crippen molar-refractivity contribution in [2.24, 2.45) is 0 Å². The molecule has 0 bridgehead atoms. The van der Waals surface area contributed by atoms with Crippen LogP contribution in [-0.2, 0) is 0 Å². The third-order valence-electron chi connectivity index (χ3n) is 0.985. The quantitative estimate of drug-likeness (QED) is 0.680. The van der Waals surface area contributed by atoms with Crippen molar-refractivity contribution in [2.45, 2.75) is 13.8 Å². The van der Waals surface area contributed by atoms with Crippen molar-refractivity contribution >= 4 is 11.3 Å². The summed E-state index contributed by atoms with van der Waals surface area (Å²) >= 11 is 1.48. The van der Waals surface area contributed by atoms with Crippen molar-refractivity contribution in [1.82, 2.24) is 15.1 Å². The van der Waals surface area contributed by atoms with Crippen molar-refractivity contribution in [1.29, 1.82) is 0 Å². The first-order valence-corrected chi connectivity index (χ1v) is 4.51. The molecule has 2 rings (SSSR count). The van der Waals surface area contributed by atoms with Crippen LogP contribution in [0.25, 0.3) is 10.8 Å². The Labute approximate surface area is 74.3 Å². The first-order chi connectivity index (χ1) is 5.97. The summed E-state index contributed by atoms with van der Waals surface area (Å²) in [6, 6.07) is 0. The van der Waals surface area contributed by atoms with E-state index in [0.29, 0.717) is 5.82 Å². The third kappa shape index (κ3) is 1.88. The highest BCUT2D eigenvalue weighted by Gasteiger charge is 2.03. The number of rotatable bonds is 1. The Morgan fingerprint density at radius 3 is 2.67 bits per heavy atom. The van der Waals surface area contributed by atoms with Crippen LogP contribution in [0, 0.1) is 0 Å². The lowest BCUT2D eigenvalue weighted by molar-refractivity contribution is 0.418. The molecule has 0 saturated carbocycles. The Morgan fingerprint density at radius 1 is 1.33 bits per heavy atom. The van der Waals surface area contributed by atoms with Gasteiger partial charge in [-0.05, 0) is 0 Å². The number of hydrogen-bond donors (Lipinski definition) is 0. The van der Waals surface area contributed by atoms with Crippen molar-refractivity contribution in [3.8, 4) is 10.8 Å². The molecule has 2 aromatic rings. The minimum absolute atomic E-state index is 0.551. The minimum Gasteiger partial charge on any atom is -0.342 e. The molecule has 0 aliphatic heterocycles. The molecule has 0 fully saturated rings. The summed E-state index contributed by atoms with van der Waals surface area (Å²) in [7, 11) is 0. The van der Waals surface area contributed by atoms with Crippen LogP contribution in [0.15, 0.2) is 22.5 Å². The maximum absolute atomic E-state index is 4.54. The highest BCUT2D eigenvalue weighted by atomic mass is 32.1. The molecule has 0 spiro atoms. The summed E-state index contributed by atoms with van der Waals surface area (Å²) in [4.78, 5) is 7.82. The summed E-state index contributed by atoms with van der Waals surface area (Å²) in [6.07, 6.45) is 2.99. The number of nitrogens with zero attached hydrogens (tertiary/aromatic N) is 3. The predicted octanol–water partition coefficient (Wildman–Crippen LogP) is 2.22. The van der Waals surface area contributed by atoms with Crippen molar-refractivity contribution in [3.05, 3.63) is 18.0 Å². The van der Waals surface area contributed by atoms with E-state index in [4.69, 9.17) is 0 Å². The SMILES string of the molecule is CC.c1csc(-c2ncon2)n1. The fourth-order valence-corrected chi connectivity index (χ4v) is 1.17. The van der Waals surface area contributed by atoms with Crippen LogP contribution in [0.5, 0.6) is 0 Å². The molecule has 0 radical (unpaired) electrons. The second-order valence-electron chi connectivity index (χ2n) is 1.59. The summed E-state index contributed by atoms with van der Waals surface area (Å²) < 4.78 is 4.54. The summed E-state index contributed by atoms with van der Waals surface area (Å²) in [5.41, 5.74) is 0. The van der Waals surface area contributed by atoms with E-state index >= 15 is 0 Å². The monoisotopic (exact) mass is 183 g/mol. The number of aromatic nitrogens is 3. The molecule has 64 valence electrons. The Hall–Kier alpha value is -1.23. The van der Waals surface area contributed by atoms with E-state index in [-0.39, 0.29) is 0 Å². The summed E-state index contributed by atoms with van der Waals surface area (Å²) in [5, 5.41) is 6.27. The summed E-state index contributed by atoms with van der Waals surface area (Å²) in [5.74, 6) is 0.551. The first kappa shape index (κ1) is 8.86. The molecule has 0 aromatic carbocycles. The zero-order valence-corrected chi connectivity index (χ0v) is 7.71. The van der Waals surface area contributed by atoms with Gasteiger partial charge in [0.1, 0.15) is 0 Å². The van der Waals surface area contributed by atoms with Crippen molar-refractivity contribution in [3.63, 3.8) is 0 Å². The highest BCUT2D eigenvalue weighted by Crippen LogP contribution is 2.15. The third-order valence-corrected chi connectivity index (χ3v) is 1.75. The fourth-order valence-electron chi connectivity index (χ4n) is 0.599. The average Bonchev–Trinajstić information content (AvgIpc) is 2.80. The van der Waals surface area contributed by atoms with Gasteiger partial charge in [-0.3, -0.25) is 0 Å². The largest absolute Gasteiger partial charge is 0.342 e. The Kier molecular flexibility index (Phi) is 3.40. The topological polar surface area (TPSA) is 51.8 Å². The standard InChI is InChI=1S/C5H3N3OS.C2H6/c1-2-10-5(6-1)4-7-3-9-8-4;1-2/h1-3H;1-2H3. The van der Waals surface area contributed by atoms with Gasteiger partial charge in [0.05, 0.1) is 0 Å². The van der Waals surface area contributed by atoms with E-state index in [2.05, 4.69) is 19.6 Å². The molecule has 5 heteroatoms. The van der Waals surface area contributed by atoms with Crippen LogP contribution in [0.3, 0.4) is 0 Å². The van der Waals surface area contributed by atoms with Crippen LogP contribution in [0.4, 0.5) is 0 Å². The molecule has 4 nitrogen and oxygen atoms in total. The number of thiazole rings is 1. The van der Waals surface area contributed by atoms with E-state index in [1.165, 1.54) is 17.7 Å². The zero-order valence-electron chi connectivity index (χ0n) is 6.89. The van der Waals surface area contributed by atoms with Gasteiger partial charge in [-0.25, -0.2) is 4.98 Å². The van der Waals surface area contributed by atoms with Gasteiger partial charge < -0.3 is 4.52 Å².